The lowest BCUT2D eigenvalue weighted by Crippen LogP contribution is -1.97. The third kappa shape index (κ3) is 2.51. The molecule has 0 bridgehead atoms. The van der Waals surface area contributed by atoms with Gasteiger partial charge in [-0.2, -0.15) is 5.10 Å². The maximum absolute atomic E-state index is 5.99. The standard InChI is InChI=1S/C12H8BrClN4S/c13-7-1-4-11(16-5-7)18-6-8(15)12(17-18)9-2-3-10(14)19-9/h1-6H,15H2. The summed E-state index contributed by atoms with van der Waals surface area (Å²) in [6.45, 7) is 0. The third-order valence-electron chi connectivity index (χ3n) is 2.50. The van der Waals surface area contributed by atoms with Crippen LogP contribution in [0, 0.1) is 0 Å². The van der Waals surface area contributed by atoms with Crippen molar-refractivity contribution in [3.63, 3.8) is 0 Å². The van der Waals surface area contributed by atoms with Gasteiger partial charge < -0.3 is 5.73 Å². The molecule has 96 valence electrons. The van der Waals surface area contributed by atoms with Crippen molar-refractivity contribution >= 4 is 44.6 Å². The number of halogens is 2. The van der Waals surface area contributed by atoms with Gasteiger partial charge in [0.05, 0.1) is 21.1 Å². The van der Waals surface area contributed by atoms with Gasteiger partial charge in [0.25, 0.3) is 0 Å². The molecule has 0 spiro atoms. The Morgan fingerprint density at radius 2 is 2.11 bits per heavy atom. The van der Waals surface area contributed by atoms with E-state index in [0.29, 0.717) is 15.8 Å². The highest BCUT2D eigenvalue weighted by Gasteiger charge is 2.12. The summed E-state index contributed by atoms with van der Waals surface area (Å²) in [4.78, 5) is 5.22. The van der Waals surface area contributed by atoms with E-state index < -0.39 is 0 Å². The summed E-state index contributed by atoms with van der Waals surface area (Å²) in [5.74, 6) is 0.712. The SMILES string of the molecule is Nc1cn(-c2ccc(Br)cn2)nc1-c1ccc(Cl)s1. The molecule has 0 fully saturated rings. The number of aromatic nitrogens is 3. The van der Waals surface area contributed by atoms with Gasteiger partial charge in [-0.05, 0) is 40.2 Å². The van der Waals surface area contributed by atoms with Gasteiger partial charge in [0.1, 0.15) is 5.69 Å². The first kappa shape index (κ1) is 12.7. The molecule has 3 rings (SSSR count). The van der Waals surface area contributed by atoms with E-state index in [9.17, 15) is 0 Å². The van der Waals surface area contributed by atoms with Crippen LogP contribution >= 0.6 is 38.9 Å². The fourth-order valence-corrected chi connectivity index (χ4v) is 2.93. The van der Waals surface area contributed by atoms with Crippen molar-refractivity contribution in [1.82, 2.24) is 14.8 Å². The van der Waals surface area contributed by atoms with Crippen LogP contribution in [0.5, 0.6) is 0 Å². The summed E-state index contributed by atoms with van der Waals surface area (Å²) in [5.41, 5.74) is 7.32. The third-order valence-corrected chi connectivity index (χ3v) is 4.20. The van der Waals surface area contributed by atoms with E-state index in [-0.39, 0.29) is 0 Å². The molecular formula is C12H8BrClN4S. The molecule has 0 aliphatic heterocycles. The molecular weight excluding hydrogens is 348 g/mol. The minimum Gasteiger partial charge on any atom is -0.396 e. The fourth-order valence-electron chi connectivity index (χ4n) is 1.64. The number of nitrogen functional groups attached to an aromatic ring is 1. The summed E-state index contributed by atoms with van der Waals surface area (Å²) in [6.07, 6.45) is 3.47. The Kier molecular flexibility index (Phi) is 3.30. The predicted octanol–water partition coefficient (Wildman–Crippen LogP) is 3.99. The Balaban J connectivity index is 2.04. The van der Waals surface area contributed by atoms with Crippen LogP contribution in [0.25, 0.3) is 16.4 Å². The van der Waals surface area contributed by atoms with Gasteiger partial charge in [-0.3, -0.25) is 0 Å². The Morgan fingerprint density at radius 1 is 1.26 bits per heavy atom. The average molecular weight is 356 g/mol. The molecule has 0 aromatic carbocycles. The zero-order chi connectivity index (χ0) is 13.4. The van der Waals surface area contributed by atoms with Crippen molar-refractivity contribution < 1.29 is 0 Å². The Bertz CT molecular complexity index is 720. The Hall–Kier alpha value is -1.37. The first-order valence-electron chi connectivity index (χ1n) is 5.36. The van der Waals surface area contributed by atoms with Gasteiger partial charge in [-0.25, -0.2) is 9.67 Å². The van der Waals surface area contributed by atoms with Crippen LogP contribution in [0.1, 0.15) is 0 Å². The summed E-state index contributed by atoms with van der Waals surface area (Å²) in [7, 11) is 0. The minimum absolute atomic E-state index is 0.600. The van der Waals surface area contributed by atoms with E-state index in [0.717, 1.165) is 15.0 Å². The smallest absolute Gasteiger partial charge is 0.153 e. The second-order valence-corrected chi connectivity index (χ2v) is 6.45. The number of thiophene rings is 1. The second-order valence-electron chi connectivity index (χ2n) is 3.82. The molecule has 0 saturated heterocycles. The second kappa shape index (κ2) is 4.96. The van der Waals surface area contributed by atoms with Gasteiger partial charge in [-0.15, -0.1) is 11.3 Å². The molecule has 3 aromatic rings. The van der Waals surface area contributed by atoms with Crippen molar-refractivity contribution in [3.8, 4) is 16.4 Å². The average Bonchev–Trinajstić information content (AvgIpc) is 2.96. The Labute approximate surface area is 127 Å². The Morgan fingerprint density at radius 3 is 2.74 bits per heavy atom. The molecule has 0 saturated carbocycles. The predicted molar refractivity (Wildman–Crippen MR) is 81.8 cm³/mol. The zero-order valence-electron chi connectivity index (χ0n) is 9.55. The molecule has 0 radical (unpaired) electrons. The van der Waals surface area contributed by atoms with Crippen LogP contribution in [-0.2, 0) is 0 Å². The monoisotopic (exact) mass is 354 g/mol. The molecule has 0 unspecified atom stereocenters. The fraction of sp³-hybridized carbons (Fsp3) is 0. The maximum atomic E-state index is 5.99. The first-order chi connectivity index (χ1) is 9.13. The van der Waals surface area contributed by atoms with Crippen LogP contribution in [0.4, 0.5) is 5.69 Å². The van der Waals surface area contributed by atoms with E-state index in [2.05, 4.69) is 26.0 Å². The molecule has 4 nitrogen and oxygen atoms in total. The summed E-state index contributed by atoms with van der Waals surface area (Å²) < 4.78 is 3.29. The van der Waals surface area contributed by atoms with Crippen molar-refractivity contribution in [2.45, 2.75) is 0 Å². The van der Waals surface area contributed by atoms with Crippen LogP contribution in [0.3, 0.4) is 0 Å². The van der Waals surface area contributed by atoms with Crippen LogP contribution in [0.15, 0.2) is 41.1 Å². The maximum Gasteiger partial charge on any atom is 0.153 e. The van der Waals surface area contributed by atoms with Gasteiger partial charge in [0.2, 0.25) is 0 Å². The molecule has 0 aliphatic rings. The molecule has 7 heteroatoms. The topological polar surface area (TPSA) is 56.7 Å². The van der Waals surface area contributed by atoms with Crippen molar-refractivity contribution in [1.29, 1.82) is 0 Å². The van der Waals surface area contributed by atoms with Gasteiger partial charge in [0.15, 0.2) is 5.82 Å². The summed E-state index contributed by atoms with van der Waals surface area (Å²) in [6, 6.07) is 7.51. The van der Waals surface area contributed by atoms with Crippen LogP contribution in [0.2, 0.25) is 4.34 Å². The first-order valence-corrected chi connectivity index (χ1v) is 7.35. The zero-order valence-corrected chi connectivity index (χ0v) is 12.7. The van der Waals surface area contributed by atoms with Crippen LogP contribution in [-0.4, -0.2) is 14.8 Å². The van der Waals surface area contributed by atoms with Crippen molar-refractivity contribution in [2.24, 2.45) is 0 Å². The van der Waals surface area contributed by atoms with E-state index in [1.54, 1.807) is 17.1 Å². The highest BCUT2D eigenvalue weighted by atomic mass is 79.9. The molecule has 3 aromatic heterocycles. The summed E-state index contributed by atoms with van der Waals surface area (Å²) >= 11 is 10.7. The van der Waals surface area contributed by atoms with Gasteiger partial charge in [-0.1, -0.05) is 11.6 Å². The van der Waals surface area contributed by atoms with Crippen molar-refractivity contribution in [2.75, 3.05) is 5.73 Å². The molecule has 19 heavy (non-hydrogen) atoms. The highest BCUT2D eigenvalue weighted by molar-refractivity contribution is 9.10. The lowest BCUT2D eigenvalue weighted by atomic mass is 10.3. The van der Waals surface area contributed by atoms with E-state index in [1.807, 2.05) is 24.3 Å². The molecule has 0 aliphatic carbocycles. The largest absolute Gasteiger partial charge is 0.396 e. The molecule has 3 heterocycles. The number of pyridine rings is 1. The van der Waals surface area contributed by atoms with E-state index in [1.165, 1.54) is 11.3 Å². The van der Waals surface area contributed by atoms with Gasteiger partial charge in [0, 0.05) is 10.7 Å². The number of rotatable bonds is 2. The highest BCUT2D eigenvalue weighted by Crippen LogP contribution is 2.33. The lowest BCUT2D eigenvalue weighted by molar-refractivity contribution is 0.850. The van der Waals surface area contributed by atoms with Crippen molar-refractivity contribution in [3.05, 3.63) is 45.5 Å². The molecule has 2 N–H and O–H groups in total. The van der Waals surface area contributed by atoms with Crippen LogP contribution < -0.4 is 5.73 Å². The lowest BCUT2D eigenvalue weighted by Gasteiger charge is -1.99. The molecule has 0 amide bonds. The number of hydrogen-bond donors (Lipinski definition) is 1. The summed E-state index contributed by atoms with van der Waals surface area (Å²) in [5, 5.41) is 4.46. The number of nitrogens with two attached hydrogens (primary N) is 1. The normalized spacial score (nSPS) is 10.8. The number of nitrogens with zero attached hydrogens (tertiary/aromatic N) is 3. The number of anilines is 1. The minimum atomic E-state index is 0.600. The molecule has 0 atom stereocenters. The number of hydrogen-bond acceptors (Lipinski definition) is 4. The van der Waals surface area contributed by atoms with E-state index >= 15 is 0 Å². The van der Waals surface area contributed by atoms with Gasteiger partial charge >= 0.3 is 0 Å². The van der Waals surface area contributed by atoms with E-state index in [4.69, 9.17) is 17.3 Å². The quantitative estimate of drug-likeness (QED) is 0.756.